The molecule has 16 heavy (non-hydrogen) atoms. The van der Waals surface area contributed by atoms with Crippen molar-refractivity contribution < 1.29 is 17.9 Å². The van der Waals surface area contributed by atoms with Crippen molar-refractivity contribution in [1.29, 1.82) is 0 Å². The molecule has 1 aromatic carbocycles. The summed E-state index contributed by atoms with van der Waals surface area (Å²) in [6.45, 7) is 0.931. The molecule has 5 nitrogen and oxygen atoms in total. The molecule has 0 amide bonds. The summed E-state index contributed by atoms with van der Waals surface area (Å²) in [6, 6.07) is 3.34. The fourth-order valence-corrected chi connectivity index (χ4v) is 2.82. The number of rotatable bonds is 2. The van der Waals surface area contributed by atoms with Crippen molar-refractivity contribution in [1.82, 2.24) is 0 Å². The maximum absolute atomic E-state index is 11.7. The topological polar surface area (TPSA) is 78.6 Å². The molecular formula is C10H13NO4S. The average Bonchev–Trinajstić information content (AvgIpc) is 2.26. The SMILES string of the molecule is CS(=O)(=O)c1c(CN)ccc2c1OCCO2. The van der Waals surface area contributed by atoms with Gasteiger partial charge < -0.3 is 15.2 Å². The number of sulfone groups is 1. The molecule has 1 aliphatic rings. The molecule has 1 heterocycles. The lowest BCUT2D eigenvalue weighted by atomic mass is 10.2. The quantitative estimate of drug-likeness (QED) is 0.809. The zero-order valence-corrected chi connectivity index (χ0v) is 9.71. The van der Waals surface area contributed by atoms with Crippen LogP contribution in [0.3, 0.4) is 0 Å². The molecule has 2 rings (SSSR count). The zero-order valence-electron chi connectivity index (χ0n) is 8.89. The van der Waals surface area contributed by atoms with Crippen LogP contribution in [0, 0.1) is 0 Å². The zero-order chi connectivity index (χ0) is 11.8. The van der Waals surface area contributed by atoms with Crippen molar-refractivity contribution in [2.24, 2.45) is 5.73 Å². The number of hydrogen-bond donors (Lipinski definition) is 1. The van der Waals surface area contributed by atoms with E-state index in [0.29, 0.717) is 24.5 Å². The number of ether oxygens (including phenoxy) is 2. The second-order valence-electron chi connectivity index (χ2n) is 3.55. The van der Waals surface area contributed by atoms with Gasteiger partial charge in [0.2, 0.25) is 0 Å². The minimum Gasteiger partial charge on any atom is -0.486 e. The number of hydrogen-bond acceptors (Lipinski definition) is 5. The van der Waals surface area contributed by atoms with E-state index in [0.717, 1.165) is 6.26 Å². The third kappa shape index (κ3) is 1.85. The number of fused-ring (bicyclic) bond motifs is 1. The lowest BCUT2D eigenvalue weighted by Gasteiger charge is -2.21. The normalized spacial score (nSPS) is 14.9. The summed E-state index contributed by atoms with van der Waals surface area (Å²) in [4.78, 5) is 0.146. The standard InChI is InChI=1S/C10H13NO4S/c1-16(12,13)10-7(6-11)2-3-8-9(10)15-5-4-14-8/h2-3H,4-6,11H2,1H3. The molecule has 1 aliphatic heterocycles. The first-order valence-electron chi connectivity index (χ1n) is 4.85. The molecular weight excluding hydrogens is 230 g/mol. The highest BCUT2D eigenvalue weighted by Gasteiger charge is 2.25. The van der Waals surface area contributed by atoms with E-state index in [4.69, 9.17) is 15.2 Å². The molecule has 0 radical (unpaired) electrons. The molecule has 6 heteroatoms. The molecule has 0 aromatic heterocycles. The van der Waals surface area contributed by atoms with Crippen LogP contribution in [0.25, 0.3) is 0 Å². The van der Waals surface area contributed by atoms with E-state index >= 15 is 0 Å². The van der Waals surface area contributed by atoms with Crippen LogP contribution >= 0.6 is 0 Å². The van der Waals surface area contributed by atoms with Crippen LogP contribution in [0.2, 0.25) is 0 Å². The third-order valence-corrected chi connectivity index (χ3v) is 3.52. The van der Waals surface area contributed by atoms with Crippen LogP contribution in [0.15, 0.2) is 17.0 Å². The van der Waals surface area contributed by atoms with Crippen molar-refractivity contribution in [2.75, 3.05) is 19.5 Å². The monoisotopic (exact) mass is 243 g/mol. The first kappa shape index (κ1) is 11.2. The Hall–Kier alpha value is -1.27. The van der Waals surface area contributed by atoms with Gasteiger partial charge in [-0.2, -0.15) is 0 Å². The summed E-state index contributed by atoms with van der Waals surface area (Å²) in [5.41, 5.74) is 6.07. The Morgan fingerprint density at radius 3 is 2.62 bits per heavy atom. The van der Waals surface area contributed by atoms with Crippen LogP contribution in [-0.2, 0) is 16.4 Å². The highest BCUT2D eigenvalue weighted by molar-refractivity contribution is 7.90. The summed E-state index contributed by atoms with van der Waals surface area (Å²) in [6.07, 6.45) is 1.14. The molecule has 0 fully saturated rings. The minimum atomic E-state index is -3.37. The lowest BCUT2D eigenvalue weighted by molar-refractivity contribution is 0.166. The first-order valence-corrected chi connectivity index (χ1v) is 6.75. The van der Waals surface area contributed by atoms with Crippen molar-refractivity contribution in [2.45, 2.75) is 11.4 Å². The van der Waals surface area contributed by atoms with E-state index in [9.17, 15) is 8.42 Å². The molecule has 1 aromatic rings. The van der Waals surface area contributed by atoms with Gasteiger partial charge in [-0.3, -0.25) is 0 Å². The fourth-order valence-electron chi connectivity index (χ4n) is 1.70. The molecule has 0 atom stereocenters. The smallest absolute Gasteiger partial charge is 0.180 e. The molecule has 2 N–H and O–H groups in total. The highest BCUT2D eigenvalue weighted by atomic mass is 32.2. The molecule has 0 spiro atoms. The number of nitrogens with two attached hydrogens (primary N) is 1. The van der Waals surface area contributed by atoms with Crippen LogP contribution in [0.1, 0.15) is 5.56 Å². The Morgan fingerprint density at radius 2 is 2.00 bits per heavy atom. The summed E-state index contributed by atoms with van der Waals surface area (Å²) in [5.74, 6) is 0.751. The van der Waals surface area contributed by atoms with E-state index in [1.807, 2.05) is 0 Å². The van der Waals surface area contributed by atoms with Gasteiger partial charge in [-0.15, -0.1) is 0 Å². The van der Waals surface area contributed by atoms with Gasteiger partial charge in [-0.25, -0.2) is 8.42 Å². The largest absolute Gasteiger partial charge is 0.486 e. The van der Waals surface area contributed by atoms with Gasteiger partial charge in [0.25, 0.3) is 0 Å². The summed E-state index contributed by atoms with van der Waals surface area (Å²) in [7, 11) is -3.37. The van der Waals surface area contributed by atoms with Crippen molar-refractivity contribution in [3.63, 3.8) is 0 Å². The Kier molecular flexibility index (Phi) is 2.77. The Balaban J connectivity index is 2.71. The molecule has 0 saturated carbocycles. The van der Waals surface area contributed by atoms with Gasteiger partial charge in [0.05, 0.1) is 0 Å². The highest BCUT2D eigenvalue weighted by Crippen LogP contribution is 2.38. The predicted octanol–water partition coefficient (Wildman–Crippen LogP) is 0.320. The van der Waals surface area contributed by atoms with Crippen LogP contribution in [0.4, 0.5) is 0 Å². The van der Waals surface area contributed by atoms with Gasteiger partial charge >= 0.3 is 0 Å². The molecule has 0 saturated heterocycles. The van der Waals surface area contributed by atoms with Crippen molar-refractivity contribution in [3.05, 3.63) is 17.7 Å². The minimum absolute atomic E-state index is 0.146. The van der Waals surface area contributed by atoms with Gasteiger partial charge in [0.1, 0.15) is 18.1 Å². The maximum Gasteiger partial charge on any atom is 0.180 e. The molecule has 0 bridgehead atoms. The Morgan fingerprint density at radius 1 is 1.31 bits per heavy atom. The van der Waals surface area contributed by atoms with Crippen LogP contribution in [0.5, 0.6) is 11.5 Å². The van der Waals surface area contributed by atoms with E-state index in [2.05, 4.69) is 0 Å². The van der Waals surface area contributed by atoms with Gasteiger partial charge in [-0.1, -0.05) is 6.07 Å². The Labute approximate surface area is 94.1 Å². The predicted molar refractivity (Wildman–Crippen MR) is 58.4 cm³/mol. The third-order valence-electron chi connectivity index (χ3n) is 2.34. The van der Waals surface area contributed by atoms with Crippen LogP contribution in [-0.4, -0.2) is 27.9 Å². The average molecular weight is 243 g/mol. The summed E-state index contributed by atoms with van der Waals surface area (Å²) >= 11 is 0. The maximum atomic E-state index is 11.7. The lowest BCUT2D eigenvalue weighted by Crippen LogP contribution is -2.19. The van der Waals surface area contributed by atoms with Crippen molar-refractivity contribution >= 4 is 9.84 Å². The molecule has 0 aliphatic carbocycles. The fraction of sp³-hybridized carbons (Fsp3) is 0.400. The van der Waals surface area contributed by atoms with Gasteiger partial charge in [-0.05, 0) is 11.6 Å². The van der Waals surface area contributed by atoms with Gasteiger partial charge in [0.15, 0.2) is 21.3 Å². The van der Waals surface area contributed by atoms with E-state index < -0.39 is 9.84 Å². The van der Waals surface area contributed by atoms with Crippen molar-refractivity contribution in [3.8, 4) is 11.5 Å². The molecule has 0 unspecified atom stereocenters. The summed E-state index contributed by atoms with van der Waals surface area (Å²) < 4.78 is 34.1. The Bertz CT molecular complexity index is 510. The number of benzene rings is 1. The second kappa shape index (κ2) is 3.95. The second-order valence-corrected chi connectivity index (χ2v) is 5.51. The van der Waals surface area contributed by atoms with Gasteiger partial charge in [0, 0.05) is 12.8 Å². The first-order chi connectivity index (χ1) is 7.54. The summed E-state index contributed by atoms with van der Waals surface area (Å²) in [5, 5.41) is 0. The van der Waals surface area contributed by atoms with E-state index in [1.165, 1.54) is 0 Å². The van der Waals surface area contributed by atoms with Crippen LogP contribution < -0.4 is 15.2 Å². The van der Waals surface area contributed by atoms with E-state index in [-0.39, 0.29) is 17.2 Å². The molecule has 88 valence electrons. The van der Waals surface area contributed by atoms with E-state index in [1.54, 1.807) is 12.1 Å².